The molecule has 15 heavy (non-hydrogen) atoms. The lowest BCUT2D eigenvalue weighted by Crippen LogP contribution is -2.00. The summed E-state index contributed by atoms with van der Waals surface area (Å²) in [6.45, 7) is 0. The van der Waals surface area contributed by atoms with Gasteiger partial charge in [-0.25, -0.2) is 0 Å². The van der Waals surface area contributed by atoms with Crippen LogP contribution in [-0.4, -0.2) is 12.1 Å². The molecule has 3 heteroatoms. The average molecular weight is 263 g/mol. The summed E-state index contributed by atoms with van der Waals surface area (Å²) in [6.07, 6.45) is 0.341. The van der Waals surface area contributed by atoms with E-state index in [-0.39, 0.29) is 0 Å². The van der Waals surface area contributed by atoms with Crippen LogP contribution in [0.4, 0.5) is 0 Å². The largest absolute Gasteiger partial charge is 0.294 e. The van der Waals surface area contributed by atoms with Crippen LogP contribution in [0.5, 0.6) is 0 Å². The van der Waals surface area contributed by atoms with E-state index in [1.54, 1.807) is 6.07 Å². The number of hydrogen-bond acceptors (Lipinski definition) is 2. The minimum atomic E-state index is -0.493. The molecule has 2 aromatic rings. The third-order valence-corrected chi connectivity index (χ3v) is 2.66. The number of benzene rings is 2. The standard InChI is InChI=1S/C12H7BrO2/c13-9-5-8-3-1-2-4-10(8)11(6-9)12(15)7-14/h1-7H. The Morgan fingerprint density at radius 3 is 2.67 bits per heavy atom. The summed E-state index contributed by atoms with van der Waals surface area (Å²) in [6, 6.07) is 11.1. The van der Waals surface area contributed by atoms with Gasteiger partial charge in [-0.1, -0.05) is 40.2 Å². The van der Waals surface area contributed by atoms with Crippen molar-refractivity contribution in [1.82, 2.24) is 0 Å². The fraction of sp³-hybridized carbons (Fsp3) is 0. The number of aldehydes is 1. The van der Waals surface area contributed by atoms with Gasteiger partial charge in [-0.15, -0.1) is 0 Å². The first kappa shape index (κ1) is 10.1. The van der Waals surface area contributed by atoms with Crippen molar-refractivity contribution in [3.8, 4) is 0 Å². The van der Waals surface area contributed by atoms with Crippen LogP contribution in [0.3, 0.4) is 0 Å². The Morgan fingerprint density at radius 2 is 1.93 bits per heavy atom. The summed E-state index contributed by atoms with van der Waals surface area (Å²) in [4.78, 5) is 21.9. The van der Waals surface area contributed by atoms with Gasteiger partial charge < -0.3 is 0 Å². The first-order chi connectivity index (χ1) is 7.22. The van der Waals surface area contributed by atoms with Crippen LogP contribution in [-0.2, 0) is 4.79 Å². The van der Waals surface area contributed by atoms with E-state index in [9.17, 15) is 9.59 Å². The zero-order valence-electron chi connectivity index (χ0n) is 7.74. The molecule has 0 bridgehead atoms. The van der Waals surface area contributed by atoms with E-state index in [1.807, 2.05) is 30.3 Å². The molecule has 2 nitrogen and oxygen atoms in total. The smallest absolute Gasteiger partial charge is 0.226 e. The molecule has 0 spiro atoms. The molecule has 0 saturated heterocycles. The number of hydrogen-bond donors (Lipinski definition) is 0. The van der Waals surface area contributed by atoms with E-state index in [1.165, 1.54) is 0 Å². The minimum absolute atomic E-state index is 0.341. The first-order valence-electron chi connectivity index (χ1n) is 4.40. The number of carbonyl (C=O) groups excluding carboxylic acids is 2. The van der Waals surface area contributed by atoms with Crippen LogP contribution in [0.1, 0.15) is 10.4 Å². The van der Waals surface area contributed by atoms with E-state index in [2.05, 4.69) is 15.9 Å². The topological polar surface area (TPSA) is 34.1 Å². The van der Waals surface area contributed by atoms with Gasteiger partial charge in [-0.3, -0.25) is 9.59 Å². The fourth-order valence-electron chi connectivity index (χ4n) is 1.54. The summed E-state index contributed by atoms with van der Waals surface area (Å²) >= 11 is 3.31. The Labute approximate surface area is 95.0 Å². The first-order valence-corrected chi connectivity index (χ1v) is 5.19. The molecule has 0 fully saturated rings. The molecule has 2 aromatic carbocycles. The van der Waals surface area contributed by atoms with Gasteiger partial charge in [0, 0.05) is 10.0 Å². The van der Waals surface area contributed by atoms with Crippen LogP contribution in [0.2, 0.25) is 0 Å². The lowest BCUT2D eigenvalue weighted by molar-refractivity contribution is -0.104. The molecular weight excluding hydrogens is 256 g/mol. The number of rotatable bonds is 2. The van der Waals surface area contributed by atoms with E-state index in [4.69, 9.17) is 0 Å². The predicted molar refractivity (Wildman–Crippen MR) is 62.0 cm³/mol. The quantitative estimate of drug-likeness (QED) is 0.474. The molecule has 74 valence electrons. The molecule has 0 aromatic heterocycles. The van der Waals surface area contributed by atoms with Crippen LogP contribution in [0.15, 0.2) is 40.9 Å². The molecule has 0 aliphatic carbocycles. The highest BCUT2D eigenvalue weighted by Crippen LogP contribution is 2.24. The molecule has 0 amide bonds. The third-order valence-electron chi connectivity index (χ3n) is 2.20. The van der Waals surface area contributed by atoms with Crippen molar-refractivity contribution >= 4 is 38.8 Å². The summed E-state index contributed by atoms with van der Waals surface area (Å²) in [5.74, 6) is -0.493. The highest BCUT2D eigenvalue weighted by Gasteiger charge is 2.09. The minimum Gasteiger partial charge on any atom is -0.294 e. The Balaban J connectivity index is 2.82. The maximum Gasteiger partial charge on any atom is 0.226 e. The summed E-state index contributed by atoms with van der Waals surface area (Å²) in [5.41, 5.74) is 0.440. The van der Waals surface area contributed by atoms with Crippen molar-refractivity contribution in [2.75, 3.05) is 0 Å². The van der Waals surface area contributed by atoms with E-state index < -0.39 is 5.78 Å². The van der Waals surface area contributed by atoms with E-state index in [0.717, 1.165) is 15.2 Å². The number of halogens is 1. The molecule has 0 heterocycles. The van der Waals surface area contributed by atoms with Crippen molar-refractivity contribution in [2.24, 2.45) is 0 Å². The zero-order valence-corrected chi connectivity index (χ0v) is 9.32. The summed E-state index contributed by atoms with van der Waals surface area (Å²) < 4.78 is 0.798. The fourth-order valence-corrected chi connectivity index (χ4v) is 2.02. The Kier molecular flexibility index (Phi) is 2.64. The molecule has 0 aliphatic rings. The molecule has 0 N–H and O–H groups in total. The van der Waals surface area contributed by atoms with Crippen molar-refractivity contribution in [3.63, 3.8) is 0 Å². The SMILES string of the molecule is O=CC(=O)c1cc(Br)cc2ccccc12. The molecule has 2 rings (SSSR count). The number of carbonyl (C=O) groups is 2. The van der Waals surface area contributed by atoms with Crippen LogP contribution in [0, 0.1) is 0 Å². The molecule has 0 unspecified atom stereocenters. The van der Waals surface area contributed by atoms with Gasteiger partial charge >= 0.3 is 0 Å². The Hall–Kier alpha value is -1.48. The molecule has 0 radical (unpaired) electrons. The van der Waals surface area contributed by atoms with Gasteiger partial charge in [0.2, 0.25) is 5.78 Å². The third kappa shape index (κ3) is 1.83. The van der Waals surface area contributed by atoms with Crippen LogP contribution >= 0.6 is 15.9 Å². The average Bonchev–Trinajstić information content (AvgIpc) is 2.26. The zero-order chi connectivity index (χ0) is 10.8. The molecule has 0 saturated carbocycles. The number of ketones is 1. The van der Waals surface area contributed by atoms with Gasteiger partial charge in [-0.2, -0.15) is 0 Å². The number of fused-ring (bicyclic) bond motifs is 1. The Morgan fingerprint density at radius 1 is 1.20 bits per heavy atom. The maximum atomic E-state index is 11.4. The van der Waals surface area contributed by atoms with Crippen molar-refractivity contribution < 1.29 is 9.59 Å². The second-order valence-electron chi connectivity index (χ2n) is 3.16. The molecule has 0 aliphatic heterocycles. The normalized spacial score (nSPS) is 10.2. The highest BCUT2D eigenvalue weighted by atomic mass is 79.9. The lowest BCUT2D eigenvalue weighted by Gasteiger charge is -2.03. The monoisotopic (exact) mass is 262 g/mol. The second kappa shape index (κ2) is 3.95. The summed E-state index contributed by atoms with van der Waals surface area (Å²) in [5, 5.41) is 1.75. The maximum absolute atomic E-state index is 11.4. The van der Waals surface area contributed by atoms with Crippen molar-refractivity contribution in [3.05, 3.63) is 46.4 Å². The Bertz CT molecular complexity index is 546. The van der Waals surface area contributed by atoms with Gasteiger partial charge in [0.25, 0.3) is 0 Å². The van der Waals surface area contributed by atoms with Crippen molar-refractivity contribution in [1.29, 1.82) is 0 Å². The van der Waals surface area contributed by atoms with Crippen molar-refractivity contribution in [2.45, 2.75) is 0 Å². The van der Waals surface area contributed by atoms with Gasteiger partial charge in [-0.05, 0) is 22.9 Å². The van der Waals surface area contributed by atoms with Gasteiger partial charge in [0.05, 0.1) is 0 Å². The highest BCUT2D eigenvalue weighted by molar-refractivity contribution is 9.10. The van der Waals surface area contributed by atoms with E-state index >= 15 is 0 Å². The molecule has 0 atom stereocenters. The predicted octanol–water partition coefficient (Wildman–Crippen LogP) is 2.98. The molecular formula is C12H7BrO2. The number of Topliss-reactive ketones (excluding diaryl/α,β-unsaturated/α-hetero) is 1. The van der Waals surface area contributed by atoms with Crippen LogP contribution in [0.25, 0.3) is 10.8 Å². The second-order valence-corrected chi connectivity index (χ2v) is 4.07. The summed E-state index contributed by atoms with van der Waals surface area (Å²) in [7, 11) is 0. The van der Waals surface area contributed by atoms with Gasteiger partial charge in [0.15, 0.2) is 6.29 Å². The van der Waals surface area contributed by atoms with Crippen LogP contribution < -0.4 is 0 Å². The van der Waals surface area contributed by atoms with Gasteiger partial charge in [0.1, 0.15) is 0 Å². The van der Waals surface area contributed by atoms with E-state index in [0.29, 0.717) is 11.8 Å². The lowest BCUT2D eigenvalue weighted by atomic mass is 10.0.